The lowest BCUT2D eigenvalue weighted by Crippen LogP contribution is -2.44. The summed E-state index contributed by atoms with van der Waals surface area (Å²) in [5.74, 6) is -0.00585. The molecule has 2 N–H and O–H groups in total. The molecule has 0 spiro atoms. The Balaban J connectivity index is 0.00000281. The third kappa shape index (κ3) is 7.87. The highest BCUT2D eigenvalue weighted by atomic mass is 16.1. The van der Waals surface area contributed by atoms with Crippen molar-refractivity contribution in [3.63, 3.8) is 0 Å². The summed E-state index contributed by atoms with van der Waals surface area (Å²) in [6.45, 7) is 17.6. The van der Waals surface area contributed by atoms with Crippen molar-refractivity contribution in [1.29, 1.82) is 0 Å². The van der Waals surface area contributed by atoms with Gasteiger partial charge in [0.2, 0.25) is 5.91 Å². The minimum atomic E-state index is -0.860. The number of amides is 1. The Hall–Kier alpha value is -3.40. The molecule has 4 nitrogen and oxygen atoms in total. The van der Waals surface area contributed by atoms with Crippen LogP contribution in [0.25, 0.3) is 5.57 Å². The maximum absolute atomic E-state index is 12.5. The third-order valence-electron chi connectivity index (χ3n) is 5.59. The van der Waals surface area contributed by atoms with Gasteiger partial charge in [-0.2, -0.15) is 0 Å². The maximum Gasteiger partial charge on any atom is 0.224 e. The van der Waals surface area contributed by atoms with Gasteiger partial charge in [-0.25, -0.2) is 0 Å². The van der Waals surface area contributed by atoms with E-state index in [1.165, 1.54) is 0 Å². The first-order chi connectivity index (χ1) is 16.2. The van der Waals surface area contributed by atoms with Crippen LogP contribution in [0, 0.1) is 0 Å². The van der Waals surface area contributed by atoms with Crippen LogP contribution in [-0.2, 0) is 21.5 Å². The van der Waals surface area contributed by atoms with Gasteiger partial charge in [0.05, 0.1) is 6.42 Å². The summed E-state index contributed by atoms with van der Waals surface area (Å²) in [6, 6.07) is 17.7. The molecule has 1 amide bonds. The van der Waals surface area contributed by atoms with Gasteiger partial charge in [0.25, 0.3) is 0 Å². The van der Waals surface area contributed by atoms with Crippen LogP contribution in [0.15, 0.2) is 84.6 Å². The standard InChI is InChI=1S/C28H34N2O2.C2H6/c1-7-23(19-29-27(32)17-22-13-10-9-11-14-22)26(8-2)24-15-12-16-25(18-24)28(6,21(5)31)30-20(3)4;1-2/h7-16,18,30H,3,17,19H2,1-2,4-6H3,(H,29,32);1-2H3/b23-7-,26-8+;. The lowest BCUT2D eigenvalue weighted by molar-refractivity contribution is -0.123. The molecule has 34 heavy (non-hydrogen) atoms. The lowest BCUT2D eigenvalue weighted by atomic mass is 9.85. The fourth-order valence-corrected chi connectivity index (χ4v) is 3.72. The quantitative estimate of drug-likeness (QED) is 0.406. The van der Waals surface area contributed by atoms with Crippen molar-refractivity contribution in [2.45, 2.75) is 60.4 Å². The van der Waals surface area contributed by atoms with E-state index in [1.54, 1.807) is 6.92 Å². The zero-order valence-corrected chi connectivity index (χ0v) is 21.8. The molecule has 2 aromatic carbocycles. The van der Waals surface area contributed by atoms with E-state index in [-0.39, 0.29) is 11.7 Å². The highest BCUT2D eigenvalue weighted by Gasteiger charge is 2.32. The zero-order valence-electron chi connectivity index (χ0n) is 21.8. The van der Waals surface area contributed by atoms with Crippen LogP contribution in [0.4, 0.5) is 0 Å². The van der Waals surface area contributed by atoms with Gasteiger partial charge in [0, 0.05) is 12.2 Å². The summed E-state index contributed by atoms with van der Waals surface area (Å²) in [4.78, 5) is 24.9. The Labute approximate surface area is 205 Å². The molecule has 0 aliphatic rings. The molecule has 1 unspecified atom stereocenters. The Morgan fingerprint density at radius 2 is 1.62 bits per heavy atom. The van der Waals surface area contributed by atoms with Crippen LogP contribution < -0.4 is 10.6 Å². The molecule has 0 aliphatic heterocycles. The first kappa shape index (κ1) is 28.6. The van der Waals surface area contributed by atoms with Crippen molar-refractivity contribution >= 4 is 17.3 Å². The largest absolute Gasteiger partial charge is 0.373 e. The van der Waals surface area contributed by atoms with Gasteiger partial charge in [0.1, 0.15) is 5.54 Å². The fraction of sp³-hybridized carbons (Fsp3) is 0.333. The minimum Gasteiger partial charge on any atom is -0.373 e. The summed E-state index contributed by atoms with van der Waals surface area (Å²) in [7, 11) is 0. The Morgan fingerprint density at radius 3 is 2.15 bits per heavy atom. The zero-order chi connectivity index (χ0) is 25.7. The summed E-state index contributed by atoms with van der Waals surface area (Å²) in [5, 5.41) is 6.26. The highest BCUT2D eigenvalue weighted by molar-refractivity contribution is 5.88. The number of nitrogens with one attached hydrogen (secondary N) is 2. The van der Waals surface area contributed by atoms with Crippen molar-refractivity contribution < 1.29 is 9.59 Å². The molecule has 0 saturated heterocycles. The van der Waals surface area contributed by atoms with Crippen LogP contribution in [0.5, 0.6) is 0 Å². The second kappa shape index (κ2) is 14.0. The Bertz CT molecular complexity index is 1030. The van der Waals surface area contributed by atoms with Gasteiger partial charge in [0.15, 0.2) is 5.78 Å². The normalized spacial score (nSPS) is 13.1. The highest BCUT2D eigenvalue weighted by Crippen LogP contribution is 2.29. The number of carbonyl (C=O) groups excluding carboxylic acids is 2. The number of hydrogen-bond acceptors (Lipinski definition) is 3. The molecule has 182 valence electrons. The van der Waals surface area contributed by atoms with Gasteiger partial charge in [-0.3, -0.25) is 9.59 Å². The van der Waals surface area contributed by atoms with Crippen LogP contribution in [0.1, 0.15) is 65.2 Å². The molecule has 2 rings (SSSR count). The smallest absolute Gasteiger partial charge is 0.224 e. The molecule has 0 saturated carbocycles. The number of hydrogen-bond donors (Lipinski definition) is 2. The van der Waals surface area contributed by atoms with Gasteiger partial charge >= 0.3 is 0 Å². The number of benzene rings is 2. The minimum absolute atomic E-state index is 0.0131. The number of allylic oxidation sites excluding steroid dienone is 3. The number of Topliss-reactive ketones (excluding diaryl/α,β-unsaturated/α-hetero) is 1. The summed E-state index contributed by atoms with van der Waals surface area (Å²) in [5.41, 5.74) is 4.76. The van der Waals surface area contributed by atoms with Crippen LogP contribution in [0.3, 0.4) is 0 Å². The van der Waals surface area contributed by atoms with E-state index in [1.807, 2.05) is 108 Å². The van der Waals surface area contributed by atoms with Crippen molar-refractivity contribution in [2.75, 3.05) is 6.54 Å². The SMILES string of the molecule is C=C(C)NC(C)(C(C)=O)c1cccc(C(=C/C)/C(=C\C)CNC(=O)Cc2ccccc2)c1.CC. The van der Waals surface area contributed by atoms with E-state index in [9.17, 15) is 9.59 Å². The molecule has 0 fully saturated rings. The Morgan fingerprint density at radius 1 is 0.971 bits per heavy atom. The molecule has 0 radical (unpaired) electrons. The predicted octanol–water partition coefficient (Wildman–Crippen LogP) is 6.35. The molecule has 0 aromatic heterocycles. The van der Waals surface area contributed by atoms with Gasteiger partial charge in [-0.1, -0.05) is 81.1 Å². The Kier molecular flexibility index (Phi) is 11.8. The second-order valence-electron chi connectivity index (χ2n) is 8.12. The molecule has 0 aliphatic carbocycles. The van der Waals surface area contributed by atoms with Gasteiger partial charge in [-0.15, -0.1) is 0 Å². The topological polar surface area (TPSA) is 58.2 Å². The van der Waals surface area contributed by atoms with E-state index < -0.39 is 5.54 Å². The third-order valence-corrected chi connectivity index (χ3v) is 5.59. The van der Waals surface area contributed by atoms with Crippen molar-refractivity contribution in [3.05, 3.63) is 101 Å². The molecule has 0 heterocycles. The van der Waals surface area contributed by atoms with Crippen molar-refractivity contribution in [2.24, 2.45) is 0 Å². The maximum atomic E-state index is 12.5. The number of ketones is 1. The van der Waals surface area contributed by atoms with Crippen molar-refractivity contribution in [1.82, 2.24) is 10.6 Å². The number of carbonyl (C=O) groups is 2. The summed E-state index contributed by atoms with van der Waals surface area (Å²) >= 11 is 0. The lowest BCUT2D eigenvalue weighted by Gasteiger charge is -2.30. The average Bonchev–Trinajstić information content (AvgIpc) is 2.83. The van der Waals surface area contributed by atoms with Gasteiger partial charge < -0.3 is 10.6 Å². The first-order valence-electron chi connectivity index (χ1n) is 11.9. The summed E-state index contributed by atoms with van der Waals surface area (Å²) in [6.07, 6.45) is 4.40. The molecule has 2 aromatic rings. The molecule has 0 bridgehead atoms. The van der Waals surface area contributed by atoms with Crippen LogP contribution in [0.2, 0.25) is 0 Å². The predicted molar refractivity (Wildman–Crippen MR) is 144 cm³/mol. The monoisotopic (exact) mass is 460 g/mol. The fourth-order valence-electron chi connectivity index (χ4n) is 3.72. The van der Waals surface area contributed by atoms with E-state index in [4.69, 9.17) is 0 Å². The van der Waals surface area contributed by atoms with Gasteiger partial charge in [-0.05, 0) is 68.5 Å². The van der Waals surface area contributed by atoms with Crippen LogP contribution in [-0.4, -0.2) is 18.2 Å². The molecule has 4 heteroatoms. The van der Waals surface area contributed by atoms with E-state index in [0.29, 0.717) is 13.0 Å². The second-order valence-corrected chi connectivity index (χ2v) is 8.12. The molecular weight excluding hydrogens is 420 g/mol. The van der Waals surface area contributed by atoms with Crippen molar-refractivity contribution in [3.8, 4) is 0 Å². The average molecular weight is 461 g/mol. The summed E-state index contributed by atoms with van der Waals surface area (Å²) < 4.78 is 0. The number of rotatable bonds is 10. The van der Waals surface area contributed by atoms with Crippen LogP contribution >= 0.6 is 0 Å². The van der Waals surface area contributed by atoms with E-state index in [2.05, 4.69) is 17.2 Å². The van der Waals surface area contributed by atoms with E-state index >= 15 is 0 Å². The van der Waals surface area contributed by atoms with E-state index in [0.717, 1.165) is 33.5 Å². The molecular formula is C30H40N2O2. The molecule has 1 atom stereocenters. The first-order valence-corrected chi connectivity index (χ1v) is 11.9.